The van der Waals surface area contributed by atoms with Crippen molar-refractivity contribution in [2.75, 3.05) is 5.75 Å². The van der Waals surface area contributed by atoms with Gasteiger partial charge in [0.2, 0.25) is 5.91 Å². The summed E-state index contributed by atoms with van der Waals surface area (Å²) < 4.78 is 0. The lowest BCUT2D eigenvalue weighted by molar-refractivity contribution is -0.135. The van der Waals surface area contributed by atoms with Gasteiger partial charge in [-0.3, -0.25) is 9.59 Å². The number of thioether (sulfide) groups is 1. The monoisotopic (exact) mass is 357 g/mol. The number of aliphatic carboxylic acids is 1. The minimum atomic E-state index is -0.858. The first-order valence-corrected chi connectivity index (χ1v) is 10.4. The van der Waals surface area contributed by atoms with E-state index in [1.165, 1.54) is 69.5 Å². The molecule has 140 valence electrons. The average Bonchev–Trinajstić information content (AvgIpc) is 2.53. The Morgan fingerprint density at radius 2 is 1.54 bits per heavy atom. The van der Waals surface area contributed by atoms with Gasteiger partial charge in [0, 0.05) is 12.2 Å². The fourth-order valence-corrected chi connectivity index (χ4v) is 3.40. The van der Waals surface area contributed by atoms with Crippen molar-refractivity contribution in [3.8, 4) is 0 Å². The number of hydrogen-bond acceptors (Lipinski definition) is 3. The van der Waals surface area contributed by atoms with Gasteiger partial charge in [0.15, 0.2) is 0 Å². The summed E-state index contributed by atoms with van der Waals surface area (Å²) in [6.45, 7) is 2.24. The van der Waals surface area contributed by atoms with Crippen molar-refractivity contribution in [3.63, 3.8) is 0 Å². The topological polar surface area (TPSA) is 80.4 Å². The molecule has 1 amide bonds. The van der Waals surface area contributed by atoms with E-state index < -0.39 is 11.2 Å². The molecule has 0 bridgehead atoms. The maximum Gasteiger partial charge on any atom is 0.320 e. The lowest BCUT2D eigenvalue weighted by Crippen LogP contribution is -2.16. The summed E-state index contributed by atoms with van der Waals surface area (Å²) in [4.78, 5) is 21.8. The smallest absolute Gasteiger partial charge is 0.320 e. The van der Waals surface area contributed by atoms with Gasteiger partial charge in [0.05, 0.1) is 0 Å². The van der Waals surface area contributed by atoms with Gasteiger partial charge in [-0.25, -0.2) is 0 Å². The highest BCUT2D eigenvalue weighted by molar-refractivity contribution is 8.00. The summed E-state index contributed by atoms with van der Waals surface area (Å²) >= 11 is 1.25. The molecule has 0 aliphatic carbocycles. The van der Waals surface area contributed by atoms with E-state index in [-0.39, 0.29) is 12.3 Å². The summed E-state index contributed by atoms with van der Waals surface area (Å²) in [5.74, 6) is -0.792. The molecule has 24 heavy (non-hydrogen) atoms. The second-order valence-electron chi connectivity index (χ2n) is 6.24. The number of carbonyl (C=O) groups excluding carboxylic acids is 1. The number of nitrogens with two attached hydrogens (primary N) is 1. The summed E-state index contributed by atoms with van der Waals surface area (Å²) in [5, 5.41) is 8.55. The van der Waals surface area contributed by atoms with Crippen LogP contribution in [0.5, 0.6) is 0 Å². The maximum absolute atomic E-state index is 11.1. The largest absolute Gasteiger partial charge is 0.480 e. The molecule has 0 saturated carbocycles. The lowest BCUT2D eigenvalue weighted by Gasteiger charge is -2.06. The van der Waals surface area contributed by atoms with Gasteiger partial charge in [-0.1, -0.05) is 76.9 Å². The summed E-state index contributed by atoms with van der Waals surface area (Å²) in [5.41, 5.74) is 5.06. The molecule has 0 radical (unpaired) electrons. The van der Waals surface area contributed by atoms with Gasteiger partial charge in [-0.05, 0) is 12.8 Å². The number of rotatable bonds is 17. The SMILES string of the molecule is CCCCCCCCCCCC/C=C\C(SCCC(N)=O)C(=O)O. The second-order valence-corrected chi connectivity index (χ2v) is 7.49. The zero-order valence-electron chi connectivity index (χ0n) is 15.2. The molecule has 0 spiro atoms. The van der Waals surface area contributed by atoms with Gasteiger partial charge in [-0.15, -0.1) is 11.8 Å². The van der Waals surface area contributed by atoms with Crippen LogP contribution in [0.3, 0.4) is 0 Å². The van der Waals surface area contributed by atoms with Crippen LogP contribution in [0.25, 0.3) is 0 Å². The standard InChI is InChI=1S/C19H35NO3S/c1-2-3-4-5-6-7-8-9-10-11-12-13-14-17(19(22)23)24-16-15-18(20)21/h13-14,17H,2-12,15-16H2,1H3,(H2,20,21)(H,22,23)/b14-13-. The van der Waals surface area contributed by atoms with Crippen molar-refractivity contribution in [2.45, 2.75) is 89.2 Å². The van der Waals surface area contributed by atoms with Crippen LogP contribution in [-0.4, -0.2) is 28.0 Å². The van der Waals surface area contributed by atoms with E-state index >= 15 is 0 Å². The van der Waals surface area contributed by atoms with E-state index in [1.54, 1.807) is 6.08 Å². The Morgan fingerprint density at radius 3 is 2.04 bits per heavy atom. The number of allylic oxidation sites excluding steroid dienone is 1. The Bertz CT molecular complexity index is 359. The van der Waals surface area contributed by atoms with Crippen LogP contribution in [-0.2, 0) is 9.59 Å². The predicted molar refractivity (Wildman–Crippen MR) is 103 cm³/mol. The van der Waals surface area contributed by atoms with Gasteiger partial charge >= 0.3 is 5.97 Å². The first kappa shape index (κ1) is 23.0. The van der Waals surface area contributed by atoms with Crippen LogP contribution < -0.4 is 5.73 Å². The zero-order valence-corrected chi connectivity index (χ0v) is 16.0. The van der Waals surface area contributed by atoms with Crippen molar-refractivity contribution in [1.82, 2.24) is 0 Å². The van der Waals surface area contributed by atoms with Crippen LogP contribution in [0.15, 0.2) is 12.2 Å². The molecular weight excluding hydrogens is 322 g/mol. The molecule has 0 aliphatic rings. The fourth-order valence-electron chi connectivity index (χ4n) is 2.47. The molecule has 0 saturated heterocycles. The number of hydrogen-bond donors (Lipinski definition) is 2. The number of carboxylic acids is 1. The Hall–Kier alpha value is -0.970. The third-order valence-electron chi connectivity index (χ3n) is 3.92. The van der Waals surface area contributed by atoms with Gasteiger partial charge in [0.1, 0.15) is 5.25 Å². The van der Waals surface area contributed by atoms with E-state index in [9.17, 15) is 9.59 Å². The van der Waals surface area contributed by atoms with Crippen LogP contribution >= 0.6 is 11.8 Å². The van der Waals surface area contributed by atoms with Gasteiger partial charge < -0.3 is 10.8 Å². The molecule has 0 heterocycles. The number of carbonyl (C=O) groups is 2. The molecule has 0 fully saturated rings. The molecule has 0 rings (SSSR count). The van der Waals surface area contributed by atoms with Crippen molar-refractivity contribution >= 4 is 23.6 Å². The molecule has 4 nitrogen and oxygen atoms in total. The normalized spacial score (nSPS) is 12.5. The molecule has 5 heteroatoms. The van der Waals surface area contributed by atoms with E-state index in [4.69, 9.17) is 10.8 Å². The highest BCUT2D eigenvalue weighted by Crippen LogP contribution is 2.15. The molecule has 1 atom stereocenters. The van der Waals surface area contributed by atoms with E-state index in [0.29, 0.717) is 5.75 Å². The number of carboxylic acid groups (broad SMARTS) is 1. The van der Waals surface area contributed by atoms with Crippen molar-refractivity contribution in [2.24, 2.45) is 5.73 Å². The molecule has 3 N–H and O–H groups in total. The van der Waals surface area contributed by atoms with E-state index in [1.807, 2.05) is 6.08 Å². The van der Waals surface area contributed by atoms with Crippen molar-refractivity contribution in [1.29, 1.82) is 0 Å². The zero-order chi connectivity index (χ0) is 18.0. The minimum absolute atomic E-state index is 0.223. The molecule has 0 aromatic carbocycles. The highest BCUT2D eigenvalue weighted by Gasteiger charge is 2.14. The predicted octanol–water partition coefficient (Wildman–Crippen LogP) is 4.92. The molecule has 0 aliphatic heterocycles. The number of amides is 1. The highest BCUT2D eigenvalue weighted by atomic mass is 32.2. The summed E-state index contributed by atoms with van der Waals surface area (Å²) in [6, 6.07) is 0. The number of unbranched alkanes of at least 4 members (excludes halogenated alkanes) is 10. The fraction of sp³-hybridized carbons (Fsp3) is 0.789. The van der Waals surface area contributed by atoms with Gasteiger partial charge in [-0.2, -0.15) is 0 Å². The lowest BCUT2D eigenvalue weighted by atomic mass is 10.1. The Kier molecular flexibility index (Phi) is 16.2. The Morgan fingerprint density at radius 1 is 1.00 bits per heavy atom. The van der Waals surface area contributed by atoms with Gasteiger partial charge in [0.25, 0.3) is 0 Å². The van der Waals surface area contributed by atoms with Crippen LogP contribution in [0.4, 0.5) is 0 Å². The maximum atomic E-state index is 11.1. The molecule has 1 unspecified atom stereocenters. The summed E-state index contributed by atoms with van der Waals surface area (Å²) in [7, 11) is 0. The third kappa shape index (κ3) is 15.9. The molecule has 0 aromatic rings. The first-order valence-electron chi connectivity index (χ1n) is 9.37. The van der Waals surface area contributed by atoms with Crippen LogP contribution in [0, 0.1) is 0 Å². The Balaban J connectivity index is 3.56. The van der Waals surface area contributed by atoms with Crippen molar-refractivity contribution < 1.29 is 14.7 Å². The first-order chi connectivity index (χ1) is 11.6. The summed E-state index contributed by atoms with van der Waals surface area (Å²) in [6.07, 6.45) is 17.9. The van der Waals surface area contributed by atoms with Crippen molar-refractivity contribution in [3.05, 3.63) is 12.2 Å². The minimum Gasteiger partial charge on any atom is -0.480 e. The molecular formula is C19H35NO3S. The van der Waals surface area contributed by atoms with Crippen LogP contribution in [0.2, 0.25) is 0 Å². The van der Waals surface area contributed by atoms with Crippen LogP contribution in [0.1, 0.15) is 84.0 Å². The van der Waals surface area contributed by atoms with E-state index in [0.717, 1.165) is 12.8 Å². The van der Waals surface area contributed by atoms with E-state index in [2.05, 4.69) is 6.92 Å². The second kappa shape index (κ2) is 16.9. The quantitative estimate of drug-likeness (QED) is 0.286. The average molecular weight is 358 g/mol. The Labute approximate surface area is 151 Å². The number of primary amides is 1. The molecule has 0 aromatic heterocycles. The third-order valence-corrected chi connectivity index (χ3v) is 5.08.